The van der Waals surface area contributed by atoms with Crippen molar-refractivity contribution in [2.75, 3.05) is 0 Å². The highest BCUT2D eigenvalue weighted by atomic mass is 32.2. The number of ketones is 1. The fraction of sp³-hybridized carbons (Fsp3) is 0.333. The highest BCUT2D eigenvalue weighted by Crippen LogP contribution is 2.29. The summed E-state index contributed by atoms with van der Waals surface area (Å²) in [6.45, 7) is 2.16. The molecule has 0 atom stereocenters. The third-order valence-corrected chi connectivity index (χ3v) is 4.93. The lowest BCUT2D eigenvalue weighted by molar-refractivity contribution is -0.109. The van der Waals surface area contributed by atoms with Gasteiger partial charge in [-0.25, -0.2) is 0 Å². The molecule has 126 valence electrons. The Morgan fingerprint density at radius 1 is 1.08 bits per heavy atom. The number of hydrogen-bond acceptors (Lipinski definition) is 3. The van der Waals surface area contributed by atoms with Crippen molar-refractivity contribution in [3.05, 3.63) is 65.1 Å². The lowest BCUT2D eigenvalue weighted by atomic mass is 10.0. The Kier molecular flexibility index (Phi) is 7.76. The van der Waals surface area contributed by atoms with E-state index >= 15 is 0 Å². The molecule has 1 N–H and O–H groups in total. The van der Waals surface area contributed by atoms with Crippen LogP contribution in [0.15, 0.2) is 70.0 Å². The van der Waals surface area contributed by atoms with Crippen LogP contribution in [0.25, 0.3) is 0 Å². The van der Waals surface area contributed by atoms with Gasteiger partial charge in [0.25, 0.3) is 0 Å². The minimum Gasteiger partial charge on any atom is -0.301 e. The molecule has 0 saturated carbocycles. The Morgan fingerprint density at radius 2 is 1.88 bits per heavy atom. The number of allylic oxidation sites excluding steroid dienone is 5. The smallest absolute Gasteiger partial charge is 0.206 e. The van der Waals surface area contributed by atoms with Crippen LogP contribution in [0, 0.1) is 5.41 Å². The predicted octanol–water partition coefficient (Wildman–Crippen LogP) is 6.11. The Balaban J connectivity index is 1.89. The molecule has 1 aliphatic carbocycles. The second-order valence-electron chi connectivity index (χ2n) is 5.87. The van der Waals surface area contributed by atoms with Crippen molar-refractivity contribution in [1.29, 1.82) is 5.41 Å². The lowest BCUT2D eigenvalue weighted by Gasteiger charge is -2.04. The average molecular weight is 340 g/mol. The molecule has 2 rings (SSSR count). The molecule has 0 aromatic heterocycles. The summed E-state index contributed by atoms with van der Waals surface area (Å²) < 4.78 is 0. The number of hydrogen-bond donors (Lipinski definition) is 1. The van der Waals surface area contributed by atoms with E-state index in [1.54, 1.807) is 11.8 Å². The summed E-state index contributed by atoms with van der Waals surface area (Å²) in [5.74, 6) is -0.123. The van der Waals surface area contributed by atoms with E-state index in [4.69, 9.17) is 5.41 Å². The highest BCUT2D eigenvalue weighted by Gasteiger charge is 2.14. The van der Waals surface area contributed by atoms with Crippen molar-refractivity contribution in [2.24, 2.45) is 0 Å². The zero-order chi connectivity index (χ0) is 17.2. The van der Waals surface area contributed by atoms with E-state index < -0.39 is 0 Å². The summed E-state index contributed by atoms with van der Waals surface area (Å²) in [5.41, 5.74) is 0.886. The van der Waals surface area contributed by atoms with Gasteiger partial charge in [-0.1, -0.05) is 74.4 Å². The third-order valence-electron chi connectivity index (χ3n) is 3.88. The molecule has 1 aromatic rings. The molecular formula is C21H25NOS. The summed E-state index contributed by atoms with van der Waals surface area (Å²) in [6.07, 6.45) is 13.6. The van der Waals surface area contributed by atoms with E-state index in [2.05, 4.69) is 25.1 Å². The van der Waals surface area contributed by atoms with Gasteiger partial charge < -0.3 is 5.41 Å². The van der Waals surface area contributed by atoms with Gasteiger partial charge in [-0.15, -0.1) is 0 Å². The van der Waals surface area contributed by atoms with Crippen LogP contribution >= 0.6 is 11.8 Å². The topological polar surface area (TPSA) is 40.9 Å². The summed E-state index contributed by atoms with van der Waals surface area (Å²) >= 11 is 1.70. The molecule has 0 spiro atoms. The second-order valence-corrected chi connectivity index (χ2v) is 7.02. The van der Waals surface area contributed by atoms with E-state index in [-0.39, 0.29) is 11.5 Å². The van der Waals surface area contributed by atoms with Gasteiger partial charge >= 0.3 is 0 Å². The molecular weight excluding hydrogens is 314 g/mol. The first-order valence-corrected chi connectivity index (χ1v) is 9.45. The van der Waals surface area contributed by atoms with Crippen LogP contribution in [0.2, 0.25) is 0 Å². The molecule has 0 fully saturated rings. The van der Waals surface area contributed by atoms with Gasteiger partial charge in [-0.3, -0.25) is 4.79 Å². The molecule has 0 amide bonds. The molecule has 0 heterocycles. The molecule has 1 aromatic carbocycles. The van der Waals surface area contributed by atoms with Crippen LogP contribution in [-0.2, 0) is 4.79 Å². The normalized spacial score (nSPS) is 13.9. The zero-order valence-electron chi connectivity index (χ0n) is 14.3. The van der Waals surface area contributed by atoms with Gasteiger partial charge in [0.05, 0.1) is 5.71 Å². The van der Waals surface area contributed by atoms with Crippen molar-refractivity contribution >= 4 is 23.3 Å². The number of thioether (sulfide) groups is 1. The van der Waals surface area contributed by atoms with Gasteiger partial charge in [0.1, 0.15) is 0 Å². The van der Waals surface area contributed by atoms with Gasteiger partial charge in [-0.05, 0) is 37.5 Å². The van der Waals surface area contributed by atoms with Crippen LogP contribution in [0.5, 0.6) is 0 Å². The van der Waals surface area contributed by atoms with Crippen LogP contribution in [-0.4, -0.2) is 11.5 Å². The first kappa shape index (κ1) is 18.5. The highest BCUT2D eigenvalue weighted by molar-refractivity contribution is 8.03. The molecule has 2 nitrogen and oxygen atoms in total. The maximum absolute atomic E-state index is 12.4. The van der Waals surface area contributed by atoms with E-state index in [9.17, 15) is 4.79 Å². The van der Waals surface area contributed by atoms with Crippen molar-refractivity contribution in [1.82, 2.24) is 0 Å². The first-order chi connectivity index (χ1) is 11.7. The SMILES string of the molecule is CCCCCCC(=N)C(=O)C1=CCC=C(Sc2ccccc2)C=C1. The summed E-state index contributed by atoms with van der Waals surface area (Å²) in [6, 6.07) is 10.2. The standard InChI is InChI=1S/C21H25NOS/c1-2-3-4-8-14-20(22)21(23)17-10-9-13-19(16-15-17)24-18-11-6-5-7-12-18/h5-7,10-13,15-16,22H,2-4,8-9,14H2,1H3. The fourth-order valence-corrected chi connectivity index (χ4v) is 3.38. The molecule has 3 heteroatoms. The van der Waals surface area contributed by atoms with Gasteiger partial charge in [0.15, 0.2) is 0 Å². The van der Waals surface area contributed by atoms with Crippen LogP contribution < -0.4 is 0 Å². The largest absolute Gasteiger partial charge is 0.301 e. The van der Waals surface area contributed by atoms with E-state index in [1.165, 1.54) is 17.7 Å². The number of carbonyl (C=O) groups excluding carboxylic acids is 1. The lowest BCUT2D eigenvalue weighted by Crippen LogP contribution is -2.14. The molecule has 0 radical (unpaired) electrons. The summed E-state index contributed by atoms with van der Waals surface area (Å²) in [7, 11) is 0. The zero-order valence-corrected chi connectivity index (χ0v) is 15.1. The number of unbranched alkanes of at least 4 members (excludes halogenated alkanes) is 3. The minimum absolute atomic E-state index is 0.123. The van der Waals surface area contributed by atoms with E-state index in [0.29, 0.717) is 12.0 Å². The molecule has 24 heavy (non-hydrogen) atoms. The summed E-state index contributed by atoms with van der Waals surface area (Å²) in [4.78, 5) is 14.7. The number of benzene rings is 1. The van der Waals surface area contributed by atoms with Crippen LogP contribution in [0.4, 0.5) is 0 Å². The first-order valence-electron chi connectivity index (χ1n) is 8.64. The average Bonchev–Trinajstić information content (AvgIpc) is 2.84. The molecule has 0 saturated heterocycles. The minimum atomic E-state index is -0.123. The second kappa shape index (κ2) is 10.1. The number of nitrogens with one attached hydrogen (secondary N) is 1. The Labute approximate surface area is 149 Å². The number of carbonyl (C=O) groups is 1. The maximum Gasteiger partial charge on any atom is 0.206 e. The van der Waals surface area contributed by atoms with Crippen molar-refractivity contribution < 1.29 is 4.79 Å². The Hall–Kier alpha value is -1.87. The van der Waals surface area contributed by atoms with Crippen LogP contribution in [0.1, 0.15) is 45.4 Å². The molecule has 0 aliphatic heterocycles. The van der Waals surface area contributed by atoms with Crippen molar-refractivity contribution in [2.45, 2.75) is 50.3 Å². The predicted molar refractivity (Wildman–Crippen MR) is 104 cm³/mol. The molecule has 0 bridgehead atoms. The Bertz CT molecular complexity index is 656. The number of rotatable bonds is 9. The summed E-state index contributed by atoms with van der Waals surface area (Å²) in [5, 5.41) is 8.02. The van der Waals surface area contributed by atoms with Crippen molar-refractivity contribution in [3.8, 4) is 0 Å². The van der Waals surface area contributed by atoms with E-state index in [0.717, 1.165) is 24.2 Å². The third kappa shape index (κ3) is 5.97. The maximum atomic E-state index is 12.4. The van der Waals surface area contributed by atoms with Crippen LogP contribution in [0.3, 0.4) is 0 Å². The molecule has 0 unspecified atom stereocenters. The fourth-order valence-electron chi connectivity index (χ4n) is 2.50. The number of Topliss-reactive ketones (excluding diaryl/α,β-unsaturated/α-hetero) is 1. The van der Waals surface area contributed by atoms with E-state index in [1.807, 2.05) is 36.4 Å². The quantitative estimate of drug-likeness (QED) is 0.435. The monoisotopic (exact) mass is 339 g/mol. The Morgan fingerprint density at radius 3 is 2.62 bits per heavy atom. The van der Waals surface area contributed by atoms with Gasteiger partial charge in [0.2, 0.25) is 5.78 Å². The van der Waals surface area contributed by atoms with Gasteiger partial charge in [0, 0.05) is 15.4 Å². The molecule has 1 aliphatic rings. The van der Waals surface area contributed by atoms with Gasteiger partial charge in [-0.2, -0.15) is 0 Å². The van der Waals surface area contributed by atoms with Crippen molar-refractivity contribution in [3.63, 3.8) is 0 Å².